The summed E-state index contributed by atoms with van der Waals surface area (Å²) in [5.41, 5.74) is 5.80. The van der Waals surface area contributed by atoms with Crippen LogP contribution in [-0.4, -0.2) is 26.2 Å². The first-order valence-corrected chi connectivity index (χ1v) is 4.19. The number of ether oxygens (including phenoxy) is 1. The van der Waals surface area contributed by atoms with Crippen molar-refractivity contribution in [1.29, 1.82) is 0 Å². The molecule has 14 heavy (non-hydrogen) atoms. The van der Waals surface area contributed by atoms with E-state index < -0.39 is 18.9 Å². The van der Waals surface area contributed by atoms with Crippen LogP contribution < -0.4 is 10.6 Å². The van der Waals surface area contributed by atoms with E-state index in [1.165, 1.54) is 17.0 Å². The lowest BCUT2D eigenvalue weighted by molar-refractivity contribution is 0.122. The van der Waals surface area contributed by atoms with Crippen molar-refractivity contribution >= 4 is 11.4 Å². The molecular formula is C10H13FN2O. The largest absolute Gasteiger partial charge is 0.399 e. The van der Waals surface area contributed by atoms with Crippen LogP contribution in [-0.2, 0) is 4.74 Å². The Morgan fingerprint density at radius 2 is 2.14 bits per heavy atom. The van der Waals surface area contributed by atoms with Crippen LogP contribution in [0.4, 0.5) is 15.8 Å². The summed E-state index contributed by atoms with van der Waals surface area (Å²) in [5.74, 6) is -0.608. The molecule has 0 aliphatic carbocycles. The highest BCUT2D eigenvalue weighted by Crippen LogP contribution is 2.22. The van der Waals surface area contributed by atoms with Gasteiger partial charge in [0, 0.05) is 18.8 Å². The number of hydrogen-bond acceptors (Lipinski definition) is 3. The number of nitrogens with two attached hydrogens (primary N) is 1. The van der Waals surface area contributed by atoms with Crippen molar-refractivity contribution in [2.75, 3.05) is 36.8 Å². The van der Waals surface area contributed by atoms with E-state index in [9.17, 15) is 4.39 Å². The Morgan fingerprint density at radius 3 is 2.79 bits per heavy atom. The normalized spacial score (nSPS) is 28.5. The van der Waals surface area contributed by atoms with Gasteiger partial charge in [-0.3, -0.25) is 0 Å². The maximum atomic E-state index is 13.7. The van der Waals surface area contributed by atoms with Gasteiger partial charge in [-0.05, 0) is 18.2 Å². The number of nitrogens with zero attached hydrogens (tertiary/aromatic N) is 1. The quantitative estimate of drug-likeness (QED) is 0.693. The van der Waals surface area contributed by atoms with Crippen molar-refractivity contribution in [1.82, 2.24) is 0 Å². The number of halogens is 1. The van der Waals surface area contributed by atoms with Gasteiger partial charge in [-0.2, -0.15) is 0 Å². The maximum absolute atomic E-state index is 13.7. The molecule has 0 spiro atoms. The number of benzene rings is 1. The number of nitrogen functional groups attached to an aromatic ring is 1. The zero-order valence-electron chi connectivity index (χ0n) is 11.5. The second-order valence-corrected chi connectivity index (χ2v) is 2.96. The van der Waals surface area contributed by atoms with Gasteiger partial charge >= 0.3 is 0 Å². The van der Waals surface area contributed by atoms with E-state index in [-0.39, 0.29) is 24.5 Å². The van der Waals surface area contributed by atoms with Crippen molar-refractivity contribution < 1.29 is 14.6 Å². The molecule has 1 heterocycles. The maximum Gasteiger partial charge on any atom is 0.148 e. The second-order valence-electron chi connectivity index (χ2n) is 2.96. The summed E-state index contributed by atoms with van der Waals surface area (Å²) in [7, 11) is 0. The van der Waals surface area contributed by atoms with E-state index in [1.54, 1.807) is 0 Å². The Labute approximate surface area is 87.9 Å². The number of rotatable bonds is 1. The van der Waals surface area contributed by atoms with Crippen molar-refractivity contribution in [3.63, 3.8) is 0 Å². The molecule has 1 aromatic carbocycles. The smallest absolute Gasteiger partial charge is 0.148 e. The van der Waals surface area contributed by atoms with Crippen LogP contribution in [0.5, 0.6) is 0 Å². The van der Waals surface area contributed by atoms with Crippen LogP contribution >= 0.6 is 0 Å². The monoisotopic (exact) mass is 200 g/mol. The highest BCUT2D eigenvalue weighted by Gasteiger charge is 2.14. The lowest BCUT2D eigenvalue weighted by Crippen LogP contribution is -2.36. The van der Waals surface area contributed by atoms with Gasteiger partial charge in [-0.25, -0.2) is 4.39 Å². The summed E-state index contributed by atoms with van der Waals surface area (Å²) < 4.78 is 48.3. The highest BCUT2D eigenvalue weighted by atomic mass is 19.1. The molecule has 0 amide bonds. The van der Waals surface area contributed by atoms with E-state index in [0.717, 1.165) is 6.07 Å². The molecule has 2 rings (SSSR count). The minimum Gasteiger partial charge on any atom is -0.399 e. The fourth-order valence-electron chi connectivity index (χ4n) is 1.28. The van der Waals surface area contributed by atoms with Crippen LogP contribution in [0.2, 0.25) is 0 Å². The topological polar surface area (TPSA) is 38.5 Å². The minimum atomic E-state index is -2.17. The highest BCUT2D eigenvalue weighted by molar-refractivity contribution is 5.54. The minimum absolute atomic E-state index is 0.111. The molecule has 3 nitrogen and oxygen atoms in total. The average molecular weight is 200 g/mol. The van der Waals surface area contributed by atoms with Crippen molar-refractivity contribution in [2.24, 2.45) is 0 Å². The summed E-state index contributed by atoms with van der Waals surface area (Å²) in [5, 5.41) is 0. The summed E-state index contributed by atoms with van der Waals surface area (Å²) in [6.07, 6.45) is 0. The summed E-state index contributed by atoms with van der Waals surface area (Å²) in [6.45, 7) is -4.83. The van der Waals surface area contributed by atoms with Gasteiger partial charge < -0.3 is 15.4 Å². The van der Waals surface area contributed by atoms with Gasteiger partial charge in [0.25, 0.3) is 0 Å². The third-order valence-electron chi connectivity index (χ3n) is 1.97. The first kappa shape index (κ1) is 5.56. The molecular weight excluding hydrogens is 183 g/mol. The van der Waals surface area contributed by atoms with Gasteiger partial charge in [-0.15, -0.1) is 0 Å². The van der Waals surface area contributed by atoms with Crippen molar-refractivity contribution in [2.45, 2.75) is 0 Å². The van der Waals surface area contributed by atoms with Gasteiger partial charge in [0.2, 0.25) is 0 Å². The summed E-state index contributed by atoms with van der Waals surface area (Å²) >= 11 is 0. The standard InChI is InChI=1S/C10H13FN2O/c11-9-7-8(12)1-2-10(9)13-3-5-14-6-4-13/h1-2,7H,3-6,12H2/i5D2,6D2. The van der Waals surface area contributed by atoms with Gasteiger partial charge in [0.05, 0.1) is 24.3 Å². The lowest BCUT2D eigenvalue weighted by atomic mass is 10.2. The molecule has 2 N–H and O–H groups in total. The Hall–Kier alpha value is -1.29. The Kier molecular flexibility index (Phi) is 1.52. The summed E-state index contributed by atoms with van der Waals surface area (Å²) in [4.78, 5) is 1.28. The molecule has 4 heteroatoms. The number of anilines is 2. The Morgan fingerprint density at radius 1 is 1.43 bits per heavy atom. The number of hydrogen-bond donors (Lipinski definition) is 1. The van der Waals surface area contributed by atoms with Gasteiger partial charge in [-0.1, -0.05) is 0 Å². The lowest BCUT2D eigenvalue weighted by Gasteiger charge is -2.29. The fraction of sp³-hybridized carbons (Fsp3) is 0.400. The zero-order chi connectivity index (χ0) is 13.6. The van der Waals surface area contributed by atoms with Crippen LogP contribution in [0.1, 0.15) is 5.48 Å². The zero-order valence-corrected chi connectivity index (χ0v) is 7.46. The molecule has 0 aromatic heterocycles. The molecule has 1 aromatic rings. The van der Waals surface area contributed by atoms with Crippen molar-refractivity contribution in [3.05, 3.63) is 24.0 Å². The Balaban J connectivity index is 2.32. The molecule has 0 radical (unpaired) electrons. The van der Waals surface area contributed by atoms with Crippen LogP contribution in [0.15, 0.2) is 18.2 Å². The molecule has 0 unspecified atom stereocenters. The van der Waals surface area contributed by atoms with E-state index in [0.29, 0.717) is 0 Å². The average Bonchev–Trinajstić information content (AvgIpc) is 2.11. The second kappa shape index (κ2) is 3.84. The summed E-state index contributed by atoms with van der Waals surface area (Å²) in [6, 6.07) is 4.01. The van der Waals surface area contributed by atoms with Gasteiger partial charge in [0.1, 0.15) is 5.82 Å². The van der Waals surface area contributed by atoms with E-state index in [4.69, 9.17) is 11.2 Å². The third kappa shape index (κ3) is 1.80. The van der Waals surface area contributed by atoms with E-state index in [2.05, 4.69) is 4.74 Å². The molecule has 1 fully saturated rings. The van der Waals surface area contributed by atoms with Crippen LogP contribution in [0.25, 0.3) is 0 Å². The van der Waals surface area contributed by atoms with Crippen molar-refractivity contribution in [3.8, 4) is 0 Å². The third-order valence-corrected chi connectivity index (χ3v) is 1.97. The van der Waals surface area contributed by atoms with E-state index in [1.807, 2.05) is 0 Å². The molecule has 1 aliphatic rings. The SMILES string of the molecule is [2H]C1([2H])CN(c2ccc(N)cc2F)CC([2H])([2H])O1. The molecule has 1 saturated heterocycles. The Bertz CT molecular complexity index is 453. The molecule has 0 bridgehead atoms. The van der Waals surface area contributed by atoms with Crippen LogP contribution in [0.3, 0.4) is 0 Å². The van der Waals surface area contributed by atoms with Crippen LogP contribution in [0, 0.1) is 5.82 Å². The first-order chi connectivity index (χ1) is 8.19. The molecule has 1 aliphatic heterocycles. The van der Waals surface area contributed by atoms with Gasteiger partial charge in [0.15, 0.2) is 0 Å². The molecule has 0 saturated carbocycles. The first-order valence-electron chi connectivity index (χ1n) is 6.19. The van der Waals surface area contributed by atoms with E-state index >= 15 is 0 Å². The number of morpholine rings is 1. The predicted octanol–water partition coefficient (Wildman–Crippen LogP) is 1.24. The molecule has 0 atom stereocenters. The molecule has 76 valence electrons. The predicted molar refractivity (Wildman–Crippen MR) is 53.8 cm³/mol. The fourth-order valence-corrected chi connectivity index (χ4v) is 1.28.